The first-order valence-corrected chi connectivity index (χ1v) is 25.7. The van der Waals surface area contributed by atoms with Gasteiger partial charge in [0, 0.05) is 50.7 Å². The second-order valence-corrected chi connectivity index (χ2v) is 21.0. The summed E-state index contributed by atoms with van der Waals surface area (Å²) in [5, 5.41) is 119. The number of methoxy groups -OCH3 is 1. The maximum absolute atomic E-state index is 15.0. The quantitative estimate of drug-likeness (QED) is 0.106. The van der Waals surface area contributed by atoms with Crippen molar-refractivity contribution < 1.29 is 118 Å². The van der Waals surface area contributed by atoms with Gasteiger partial charge in [-0.15, -0.1) is 0 Å². The number of Topliss-reactive ketones (excluding diaryl/α,β-unsaturated/α-hetero) is 2. The third kappa shape index (κ3) is 12.0. The fraction of sp³-hybridized carbons (Fsp3) is 0.765. The molecular formula is C51H74O24. The summed E-state index contributed by atoms with van der Waals surface area (Å²) >= 11 is 0. The molecule has 6 aliphatic rings. The molecule has 11 N–H and O–H groups in total. The number of fused-ring (bicyclic) bond motifs is 2. The highest BCUT2D eigenvalue weighted by atomic mass is 16.7. The molecule has 0 amide bonds. The number of hydrogen-bond acceptors (Lipinski definition) is 24. The summed E-state index contributed by atoms with van der Waals surface area (Å²) in [4.78, 5) is 28.8. The van der Waals surface area contributed by atoms with Crippen molar-refractivity contribution in [2.45, 2.75) is 234 Å². The van der Waals surface area contributed by atoms with E-state index in [1.165, 1.54) is 40.0 Å². The molecule has 5 heterocycles. The lowest BCUT2D eigenvalue weighted by Crippen LogP contribution is -2.57. The Morgan fingerprint density at radius 2 is 1.11 bits per heavy atom. The van der Waals surface area contributed by atoms with Gasteiger partial charge in [-0.3, -0.25) is 9.59 Å². The van der Waals surface area contributed by atoms with Gasteiger partial charge in [0.15, 0.2) is 36.7 Å². The molecule has 24 heteroatoms. The van der Waals surface area contributed by atoms with E-state index in [-0.39, 0.29) is 71.7 Å². The normalized spacial score (nSPS) is 41.9. The van der Waals surface area contributed by atoms with Crippen LogP contribution in [-0.4, -0.2) is 222 Å². The predicted octanol–water partition coefficient (Wildman–Crippen LogP) is -0.639. The standard InChI is InChI=1S/C51H74O24/c1-17-30(71-36-15-31(44(60)21(5)68-36)72-33-12-27(53)42(58)19(3)66-33)11-25-9-24-10-26(50(65-8)48(64)41(57)18(2)52)51(47(63)39(24)46(62)38(25)40(17)56)75-37-16-32(45(61)22(6)69-37)73-34-14-29(55)49(23(7)70-34)74-35-13-28(54)43(59)20(4)67-35/h9,11,18-23,26-29,31-37,41-45,49-62H,10,12-16H2,1-8H3/t18-,19+,20+,21+,22+,23+,26+,27+,28-,29+,31-,32+,33-,34+,35-,36-,37-,41+,42+,43+,44+,45+,49-,50-,51-/m0/s1. The maximum Gasteiger partial charge on any atom is 0.202 e. The molecule has 5 aliphatic heterocycles. The van der Waals surface area contributed by atoms with Crippen molar-refractivity contribution >= 4 is 22.3 Å². The molecule has 422 valence electrons. The van der Waals surface area contributed by atoms with Crippen molar-refractivity contribution in [1.29, 1.82) is 0 Å². The summed E-state index contributed by atoms with van der Waals surface area (Å²) in [6, 6.07) is 3.03. The van der Waals surface area contributed by atoms with Crippen LogP contribution in [0.15, 0.2) is 12.1 Å². The first kappa shape index (κ1) is 57.8. The van der Waals surface area contributed by atoms with Gasteiger partial charge < -0.3 is 108 Å². The number of ether oxygens (including phenoxy) is 11. The Balaban J connectivity index is 1.03. The molecular weight excluding hydrogens is 997 g/mol. The molecule has 0 aromatic heterocycles. The van der Waals surface area contributed by atoms with Gasteiger partial charge in [-0.25, -0.2) is 0 Å². The van der Waals surface area contributed by atoms with E-state index in [9.17, 15) is 65.8 Å². The van der Waals surface area contributed by atoms with Gasteiger partial charge in [-0.1, -0.05) is 0 Å². The molecule has 2 aromatic rings. The zero-order chi connectivity index (χ0) is 54.6. The van der Waals surface area contributed by atoms with Crippen molar-refractivity contribution in [1.82, 2.24) is 0 Å². The molecule has 25 atom stereocenters. The summed E-state index contributed by atoms with van der Waals surface area (Å²) in [6.07, 6.45) is -27.7. The highest BCUT2D eigenvalue weighted by Crippen LogP contribution is 2.47. The first-order chi connectivity index (χ1) is 35.4. The van der Waals surface area contributed by atoms with Gasteiger partial charge in [-0.05, 0) is 78.0 Å². The van der Waals surface area contributed by atoms with Gasteiger partial charge in [0.2, 0.25) is 6.29 Å². The van der Waals surface area contributed by atoms with Crippen molar-refractivity contribution in [2.75, 3.05) is 7.11 Å². The van der Waals surface area contributed by atoms with Crippen molar-refractivity contribution in [3.8, 4) is 17.2 Å². The van der Waals surface area contributed by atoms with E-state index in [0.717, 1.165) is 0 Å². The van der Waals surface area contributed by atoms with Gasteiger partial charge in [0.25, 0.3) is 0 Å². The average molecular weight is 1070 g/mol. The zero-order valence-corrected chi connectivity index (χ0v) is 43.1. The summed E-state index contributed by atoms with van der Waals surface area (Å²) in [7, 11) is 1.18. The van der Waals surface area contributed by atoms with Crippen LogP contribution >= 0.6 is 0 Å². The van der Waals surface area contributed by atoms with Crippen LogP contribution in [0.2, 0.25) is 0 Å². The molecule has 5 saturated heterocycles. The van der Waals surface area contributed by atoms with Crippen molar-refractivity contribution in [2.24, 2.45) is 5.92 Å². The molecule has 1 aliphatic carbocycles. The topological polar surface area (TPSA) is 358 Å². The van der Waals surface area contributed by atoms with Crippen LogP contribution in [0.5, 0.6) is 17.2 Å². The van der Waals surface area contributed by atoms with E-state index in [4.69, 9.17) is 52.1 Å². The molecule has 0 spiro atoms. The minimum absolute atomic E-state index is 0.0349. The van der Waals surface area contributed by atoms with Crippen LogP contribution in [0.3, 0.4) is 0 Å². The molecule has 0 radical (unpaired) electrons. The Morgan fingerprint density at radius 3 is 1.63 bits per heavy atom. The summed E-state index contributed by atoms with van der Waals surface area (Å²) < 4.78 is 66.2. The van der Waals surface area contributed by atoms with Crippen LogP contribution < -0.4 is 4.74 Å². The summed E-state index contributed by atoms with van der Waals surface area (Å²) in [6.45, 7) is 10.7. The number of carbonyl (C=O) groups excluding carboxylic acids is 2. The lowest BCUT2D eigenvalue weighted by Gasteiger charge is -2.45. The Morgan fingerprint density at radius 1 is 0.627 bits per heavy atom. The minimum Gasteiger partial charge on any atom is -0.507 e. The molecule has 5 fully saturated rings. The molecule has 24 nitrogen and oxygen atoms in total. The van der Waals surface area contributed by atoms with E-state index in [1.54, 1.807) is 27.7 Å². The number of benzene rings is 2. The second kappa shape index (κ2) is 23.6. The van der Waals surface area contributed by atoms with Crippen molar-refractivity contribution in [3.05, 3.63) is 28.8 Å². The van der Waals surface area contributed by atoms with Crippen LogP contribution in [0.4, 0.5) is 0 Å². The SMILES string of the molecule is CO[C@H](C(=O)[C@H](O)[C@H](C)O)[C@H]1Cc2cc3cc(O[C@H]4C[C@H](O[C@H]5C[C@@H](O)[C@H](O)[C@@H](C)O5)[C@H](O)[C@@H](C)O4)c(C)c(O)c3c(O)c2C(=O)[C@H]1O[C@H]1C[C@@H](O[C@@H]2C[C@@H](O)[C@@H](O[C@H]3C[C@H](O)[C@H](O)[C@@H](C)O3)[C@@H](C)O2)[C@H](O)[C@@H](C)O1. The zero-order valence-electron chi connectivity index (χ0n) is 43.1. The first-order valence-electron chi connectivity index (χ1n) is 25.7. The van der Waals surface area contributed by atoms with Crippen molar-refractivity contribution in [3.63, 3.8) is 0 Å². The van der Waals surface area contributed by atoms with E-state index in [0.29, 0.717) is 0 Å². The van der Waals surface area contributed by atoms with Crippen LogP contribution in [0.1, 0.15) is 95.1 Å². The Hall–Kier alpha value is -3.32. The Labute approximate surface area is 432 Å². The number of ketones is 2. The van der Waals surface area contributed by atoms with Gasteiger partial charge in [0.1, 0.15) is 66.1 Å². The number of aromatic hydroxyl groups is 2. The fourth-order valence-electron chi connectivity index (χ4n) is 11.1. The lowest BCUT2D eigenvalue weighted by molar-refractivity contribution is -0.332. The molecule has 0 bridgehead atoms. The summed E-state index contributed by atoms with van der Waals surface area (Å²) in [5.41, 5.74) is 0.0716. The third-order valence-electron chi connectivity index (χ3n) is 15.5. The molecule has 0 unspecified atom stereocenters. The number of rotatable bonds is 15. The number of phenols is 2. The van der Waals surface area contributed by atoms with E-state index in [2.05, 4.69) is 0 Å². The second-order valence-electron chi connectivity index (χ2n) is 21.0. The highest BCUT2D eigenvalue weighted by molar-refractivity contribution is 6.11. The van der Waals surface area contributed by atoms with Crippen LogP contribution in [0, 0.1) is 12.8 Å². The monoisotopic (exact) mass is 1070 g/mol. The van der Waals surface area contributed by atoms with Crippen LogP contribution in [-0.2, 0) is 58.6 Å². The largest absolute Gasteiger partial charge is 0.507 e. The number of hydrogen-bond donors (Lipinski definition) is 11. The lowest BCUT2D eigenvalue weighted by atomic mass is 9.75. The molecule has 0 saturated carbocycles. The minimum atomic E-state index is -1.94. The van der Waals surface area contributed by atoms with Gasteiger partial charge in [0.05, 0.1) is 78.1 Å². The number of aliphatic hydroxyl groups is 9. The summed E-state index contributed by atoms with van der Waals surface area (Å²) in [5.74, 6) is -4.05. The third-order valence-corrected chi connectivity index (χ3v) is 15.5. The van der Waals surface area contributed by atoms with E-state index < -0.39 is 176 Å². The van der Waals surface area contributed by atoms with Crippen LogP contribution in [0.25, 0.3) is 10.8 Å². The molecule has 2 aromatic carbocycles. The molecule has 8 rings (SSSR count). The maximum atomic E-state index is 15.0. The number of aliphatic hydroxyl groups excluding tert-OH is 9. The Kier molecular flexibility index (Phi) is 18.2. The predicted molar refractivity (Wildman–Crippen MR) is 254 cm³/mol. The highest BCUT2D eigenvalue weighted by Gasteiger charge is 2.51. The number of phenolic OH excluding ortho intramolecular Hbond substituents is 2. The van der Waals surface area contributed by atoms with E-state index >= 15 is 0 Å². The average Bonchev–Trinajstić information content (AvgIpc) is 3.34. The fourth-order valence-corrected chi connectivity index (χ4v) is 11.1. The number of carbonyl (C=O) groups is 2. The Bertz CT molecular complexity index is 2280. The van der Waals surface area contributed by atoms with Gasteiger partial charge >= 0.3 is 0 Å². The van der Waals surface area contributed by atoms with Gasteiger partial charge in [-0.2, -0.15) is 0 Å². The molecule has 75 heavy (non-hydrogen) atoms. The smallest absolute Gasteiger partial charge is 0.202 e. The van der Waals surface area contributed by atoms with E-state index in [1.807, 2.05) is 0 Å².